The van der Waals surface area contributed by atoms with Crippen LogP contribution < -0.4 is 5.32 Å². The molecule has 6 nitrogen and oxygen atoms in total. The Morgan fingerprint density at radius 2 is 1.97 bits per heavy atom. The van der Waals surface area contributed by atoms with Gasteiger partial charge in [-0.25, -0.2) is 4.98 Å². The number of thiazole rings is 1. The van der Waals surface area contributed by atoms with Crippen molar-refractivity contribution in [3.8, 4) is 0 Å². The predicted octanol–water partition coefficient (Wildman–Crippen LogP) is 4.83. The summed E-state index contributed by atoms with van der Waals surface area (Å²) < 4.78 is 0. The average molecular weight is 476 g/mol. The lowest BCUT2D eigenvalue weighted by atomic mass is 9.53. The van der Waals surface area contributed by atoms with Crippen LogP contribution in [-0.2, 0) is 16.0 Å². The molecule has 2 aliphatic carbocycles. The van der Waals surface area contributed by atoms with Crippen LogP contribution >= 0.6 is 11.3 Å². The first kappa shape index (κ1) is 24.6. The van der Waals surface area contributed by atoms with E-state index in [4.69, 9.17) is 4.98 Å². The van der Waals surface area contributed by atoms with Crippen LogP contribution in [0.15, 0.2) is 0 Å². The molecule has 0 spiro atoms. The maximum Gasteiger partial charge on any atom is 0.226 e. The molecule has 2 amide bonds. The number of aromatic nitrogens is 1. The van der Waals surface area contributed by atoms with E-state index < -0.39 is 6.10 Å². The lowest BCUT2D eigenvalue weighted by Gasteiger charge is -2.53. The van der Waals surface area contributed by atoms with Crippen LogP contribution in [0.3, 0.4) is 0 Å². The molecule has 0 bridgehead atoms. The van der Waals surface area contributed by atoms with Crippen molar-refractivity contribution in [1.82, 2.24) is 9.88 Å². The van der Waals surface area contributed by atoms with E-state index in [2.05, 4.69) is 39.9 Å². The normalized spacial score (nSPS) is 32.8. The molecule has 0 unspecified atom stereocenters. The Morgan fingerprint density at radius 1 is 1.30 bits per heavy atom. The summed E-state index contributed by atoms with van der Waals surface area (Å²) in [4.78, 5) is 33.6. The van der Waals surface area contributed by atoms with E-state index in [1.807, 2.05) is 11.8 Å². The van der Waals surface area contributed by atoms with Gasteiger partial charge in [-0.15, -0.1) is 11.3 Å². The van der Waals surface area contributed by atoms with Crippen LogP contribution in [0.2, 0.25) is 0 Å². The molecule has 3 aliphatic rings. The maximum absolute atomic E-state index is 13.1. The van der Waals surface area contributed by atoms with Gasteiger partial charge in [-0.05, 0) is 54.8 Å². The van der Waals surface area contributed by atoms with E-state index in [1.165, 1.54) is 4.88 Å². The SMILES string of the molecule is C[C@H](C(=O)N1CCCC1)[C@@H]1CC[C@]2(C)Cc3sc(NC(=O)CC(C)(C)C)nc3[C@H](C)[C@@H]2[C@H]1O. The van der Waals surface area contributed by atoms with Crippen LogP contribution in [0.25, 0.3) is 0 Å². The van der Waals surface area contributed by atoms with Crippen molar-refractivity contribution in [2.45, 2.75) is 92.1 Å². The Bertz CT molecular complexity index is 901. The first-order chi connectivity index (χ1) is 15.4. The second kappa shape index (κ2) is 8.95. The summed E-state index contributed by atoms with van der Waals surface area (Å²) in [6.07, 6.45) is 4.87. The Hall–Kier alpha value is -1.47. The maximum atomic E-state index is 13.1. The van der Waals surface area contributed by atoms with Gasteiger partial charge in [0, 0.05) is 36.2 Å². The van der Waals surface area contributed by atoms with Gasteiger partial charge in [0.2, 0.25) is 11.8 Å². The molecule has 7 heteroatoms. The van der Waals surface area contributed by atoms with Gasteiger partial charge in [0.15, 0.2) is 5.13 Å². The van der Waals surface area contributed by atoms with Crippen molar-refractivity contribution in [3.05, 3.63) is 10.6 Å². The molecule has 184 valence electrons. The quantitative estimate of drug-likeness (QED) is 0.653. The van der Waals surface area contributed by atoms with Gasteiger partial charge >= 0.3 is 0 Å². The molecule has 1 aromatic rings. The van der Waals surface area contributed by atoms with Crippen molar-refractivity contribution < 1.29 is 14.7 Å². The fourth-order valence-corrected chi connectivity index (χ4v) is 7.93. The highest BCUT2D eigenvalue weighted by atomic mass is 32.1. The number of hydrogen-bond donors (Lipinski definition) is 2. The van der Waals surface area contributed by atoms with Crippen molar-refractivity contribution >= 4 is 28.3 Å². The number of amides is 2. The number of aliphatic hydroxyl groups is 1. The molecule has 1 aliphatic heterocycles. The van der Waals surface area contributed by atoms with E-state index in [0.717, 1.165) is 50.9 Å². The second-order valence-corrected chi connectivity index (χ2v) is 13.4. The minimum absolute atomic E-state index is 0.000716. The molecule has 1 saturated carbocycles. The second-order valence-electron chi connectivity index (χ2n) is 12.3. The first-order valence-electron chi connectivity index (χ1n) is 12.7. The molecule has 2 heterocycles. The molecule has 4 rings (SSSR count). The summed E-state index contributed by atoms with van der Waals surface area (Å²) in [6, 6.07) is 0. The van der Waals surface area contributed by atoms with Crippen LogP contribution in [0, 0.1) is 28.6 Å². The highest BCUT2D eigenvalue weighted by Gasteiger charge is 2.54. The summed E-state index contributed by atoms with van der Waals surface area (Å²) in [5.74, 6) is 0.206. The minimum Gasteiger partial charge on any atom is -0.392 e. The van der Waals surface area contributed by atoms with Crippen molar-refractivity contribution in [2.75, 3.05) is 18.4 Å². The van der Waals surface area contributed by atoms with E-state index in [1.54, 1.807) is 11.3 Å². The fourth-order valence-electron chi connectivity index (χ4n) is 6.65. The van der Waals surface area contributed by atoms with Crippen LogP contribution in [-0.4, -0.2) is 46.0 Å². The van der Waals surface area contributed by atoms with Crippen LogP contribution in [0.4, 0.5) is 5.13 Å². The van der Waals surface area contributed by atoms with Crippen molar-refractivity contribution in [1.29, 1.82) is 0 Å². The largest absolute Gasteiger partial charge is 0.392 e. The third kappa shape index (κ3) is 4.86. The number of carbonyl (C=O) groups is 2. The summed E-state index contributed by atoms with van der Waals surface area (Å²) in [6.45, 7) is 14.4. The third-order valence-corrected chi connectivity index (χ3v) is 9.30. The Labute approximate surface area is 202 Å². The standard InChI is InChI=1S/C26H41N3O3S/c1-15(23(32)29-11-7-8-12-29)17-9-10-26(6)13-18-21(16(2)20(26)22(17)31)28-24(33-18)27-19(30)14-25(3,4)5/h15-17,20,22,31H,7-14H2,1-6H3,(H,27,28,30)/t15-,16+,17-,20+,22-,26+/m0/s1. The lowest BCUT2D eigenvalue weighted by Crippen LogP contribution is -2.53. The summed E-state index contributed by atoms with van der Waals surface area (Å²) in [5, 5.41) is 15.3. The van der Waals surface area contributed by atoms with E-state index >= 15 is 0 Å². The third-order valence-electron chi connectivity index (χ3n) is 8.31. The first-order valence-corrected chi connectivity index (χ1v) is 13.5. The average Bonchev–Trinajstić information content (AvgIpc) is 3.35. The number of hydrogen-bond acceptors (Lipinski definition) is 5. The zero-order valence-electron chi connectivity index (χ0n) is 21.1. The van der Waals surface area contributed by atoms with Gasteiger partial charge in [-0.1, -0.05) is 41.5 Å². The van der Waals surface area contributed by atoms with Crippen molar-refractivity contribution in [2.24, 2.45) is 28.6 Å². The lowest BCUT2D eigenvalue weighted by molar-refractivity contribution is -0.143. The van der Waals surface area contributed by atoms with Crippen LogP contribution in [0.1, 0.15) is 90.1 Å². The van der Waals surface area contributed by atoms with Gasteiger partial charge in [0.05, 0.1) is 11.8 Å². The smallest absolute Gasteiger partial charge is 0.226 e. The summed E-state index contributed by atoms with van der Waals surface area (Å²) in [5.41, 5.74) is 0.934. The molecule has 2 fully saturated rings. The molecule has 2 N–H and O–H groups in total. The zero-order chi connectivity index (χ0) is 24.1. The summed E-state index contributed by atoms with van der Waals surface area (Å²) in [7, 11) is 0. The van der Waals surface area contributed by atoms with E-state index in [9.17, 15) is 14.7 Å². The van der Waals surface area contributed by atoms with Crippen LogP contribution in [0.5, 0.6) is 0 Å². The highest BCUT2D eigenvalue weighted by Crippen LogP contribution is 2.57. The Kier molecular flexibility index (Phi) is 6.69. The van der Waals surface area contributed by atoms with E-state index in [0.29, 0.717) is 11.6 Å². The molecular formula is C26H41N3O3S. The number of nitrogens with one attached hydrogen (secondary N) is 1. The number of likely N-dealkylation sites (tertiary alicyclic amines) is 1. The van der Waals surface area contributed by atoms with Gasteiger partial charge in [0.1, 0.15) is 0 Å². The predicted molar refractivity (Wildman–Crippen MR) is 132 cm³/mol. The topological polar surface area (TPSA) is 82.5 Å². The number of carbonyl (C=O) groups excluding carboxylic acids is 2. The minimum atomic E-state index is -0.519. The fraction of sp³-hybridized carbons (Fsp3) is 0.808. The highest BCUT2D eigenvalue weighted by molar-refractivity contribution is 7.15. The van der Waals surface area contributed by atoms with Gasteiger partial charge in [-0.2, -0.15) is 0 Å². The molecular weight excluding hydrogens is 434 g/mol. The Balaban J connectivity index is 1.52. The molecule has 1 aromatic heterocycles. The molecule has 0 aromatic carbocycles. The molecule has 6 atom stereocenters. The Morgan fingerprint density at radius 3 is 2.61 bits per heavy atom. The number of aliphatic hydroxyl groups excluding tert-OH is 1. The number of fused-ring (bicyclic) bond motifs is 2. The molecule has 1 saturated heterocycles. The molecule has 33 heavy (non-hydrogen) atoms. The summed E-state index contributed by atoms with van der Waals surface area (Å²) >= 11 is 1.59. The zero-order valence-corrected chi connectivity index (χ0v) is 21.9. The monoisotopic (exact) mass is 475 g/mol. The molecule has 0 radical (unpaired) electrons. The number of rotatable bonds is 4. The van der Waals surface area contributed by atoms with E-state index in [-0.39, 0.29) is 46.3 Å². The van der Waals surface area contributed by atoms with Gasteiger partial charge < -0.3 is 15.3 Å². The van der Waals surface area contributed by atoms with Gasteiger partial charge in [-0.3, -0.25) is 9.59 Å². The number of anilines is 1. The van der Waals surface area contributed by atoms with Crippen molar-refractivity contribution in [3.63, 3.8) is 0 Å². The number of nitrogens with zero attached hydrogens (tertiary/aromatic N) is 2. The van der Waals surface area contributed by atoms with Gasteiger partial charge in [0.25, 0.3) is 0 Å².